The molecule has 0 saturated heterocycles. The smallest absolute Gasteiger partial charge is 0.0635 e. The molecule has 0 amide bonds. The summed E-state index contributed by atoms with van der Waals surface area (Å²) in [6, 6.07) is 2.45. The summed E-state index contributed by atoms with van der Waals surface area (Å²) < 4.78 is 4.99. The molecule has 0 rings (SSSR count). The van der Waals surface area contributed by atoms with E-state index >= 15 is 0 Å². The van der Waals surface area contributed by atoms with Crippen LogP contribution in [0.25, 0.3) is 0 Å². The van der Waals surface area contributed by atoms with E-state index in [9.17, 15) is 0 Å². The van der Waals surface area contributed by atoms with Crippen molar-refractivity contribution < 1.29 is 4.74 Å². The third-order valence-electron chi connectivity index (χ3n) is 2.01. The second-order valence-electron chi connectivity index (χ2n) is 2.91. The van der Waals surface area contributed by atoms with Crippen molar-refractivity contribution in [2.24, 2.45) is 0 Å². The molecule has 0 aliphatic heterocycles. The third-order valence-corrected chi connectivity index (χ3v) is 2.01. The number of hydrogen-bond donors (Lipinski definition) is 0. The molecule has 0 aromatic heterocycles. The highest BCUT2D eigenvalue weighted by molar-refractivity contribution is 4.85. The molecule has 0 aromatic rings. The van der Waals surface area contributed by atoms with Gasteiger partial charge in [0.1, 0.15) is 0 Å². The maximum absolute atomic E-state index is 8.46. The number of rotatable bonds is 7. The van der Waals surface area contributed by atoms with E-state index in [1.807, 2.05) is 6.08 Å². The van der Waals surface area contributed by atoms with Crippen molar-refractivity contribution >= 4 is 0 Å². The van der Waals surface area contributed by atoms with Crippen molar-refractivity contribution in [2.75, 3.05) is 26.8 Å². The monoisotopic (exact) mass is 182 g/mol. The largest absolute Gasteiger partial charge is 0.383 e. The molecule has 3 nitrogen and oxygen atoms in total. The number of hydrogen-bond acceptors (Lipinski definition) is 3. The van der Waals surface area contributed by atoms with Gasteiger partial charge < -0.3 is 4.74 Å². The molecule has 74 valence electrons. The van der Waals surface area contributed by atoms with Crippen LogP contribution in [0.2, 0.25) is 0 Å². The lowest BCUT2D eigenvalue weighted by atomic mass is 10.2. The topological polar surface area (TPSA) is 36.3 Å². The van der Waals surface area contributed by atoms with E-state index in [0.717, 1.165) is 13.1 Å². The first-order valence-corrected chi connectivity index (χ1v) is 4.48. The average Bonchev–Trinajstić information content (AvgIpc) is 2.17. The summed E-state index contributed by atoms with van der Waals surface area (Å²) in [7, 11) is 1.68. The fourth-order valence-corrected chi connectivity index (χ4v) is 1.07. The molecule has 13 heavy (non-hydrogen) atoms. The molecule has 3 heteroatoms. The van der Waals surface area contributed by atoms with Crippen LogP contribution in [0, 0.1) is 11.3 Å². The average molecular weight is 182 g/mol. The lowest BCUT2D eigenvalue weighted by molar-refractivity contribution is 0.138. The number of nitrogens with zero attached hydrogens (tertiary/aromatic N) is 2. The predicted octanol–water partition coefficient (Wildman–Crippen LogP) is 1.42. The van der Waals surface area contributed by atoms with Crippen molar-refractivity contribution in [3.63, 3.8) is 0 Å². The molecule has 1 unspecified atom stereocenters. The zero-order valence-corrected chi connectivity index (χ0v) is 8.49. The number of methoxy groups -OCH3 is 1. The fourth-order valence-electron chi connectivity index (χ4n) is 1.07. The molecule has 0 N–H and O–H groups in total. The van der Waals surface area contributed by atoms with Gasteiger partial charge in [-0.25, -0.2) is 0 Å². The molecule has 0 aliphatic carbocycles. The summed E-state index contributed by atoms with van der Waals surface area (Å²) in [5.41, 5.74) is 0. The fraction of sp³-hybridized carbons (Fsp3) is 0.700. The van der Waals surface area contributed by atoms with Gasteiger partial charge in [-0.3, -0.25) is 4.90 Å². The minimum atomic E-state index is 0.309. The summed E-state index contributed by atoms with van der Waals surface area (Å²) in [5, 5.41) is 8.46. The van der Waals surface area contributed by atoms with E-state index in [1.165, 1.54) is 0 Å². The highest BCUT2D eigenvalue weighted by Crippen LogP contribution is 2.00. The van der Waals surface area contributed by atoms with E-state index in [4.69, 9.17) is 10.00 Å². The predicted molar refractivity (Wildman–Crippen MR) is 53.3 cm³/mol. The Hall–Kier alpha value is -0.850. The van der Waals surface area contributed by atoms with Gasteiger partial charge in [-0.1, -0.05) is 6.08 Å². The highest BCUT2D eigenvalue weighted by atomic mass is 16.5. The van der Waals surface area contributed by atoms with E-state index < -0.39 is 0 Å². The van der Waals surface area contributed by atoms with Gasteiger partial charge in [0.25, 0.3) is 0 Å². The van der Waals surface area contributed by atoms with Gasteiger partial charge in [-0.15, -0.1) is 6.58 Å². The summed E-state index contributed by atoms with van der Waals surface area (Å²) in [6.07, 6.45) is 2.44. The van der Waals surface area contributed by atoms with E-state index in [2.05, 4.69) is 24.5 Å². The van der Waals surface area contributed by atoms with Crippen LogP contribution in [0.15, 0.2) is 12.7 Å². The van der Waals surface area contributed by atoms with Crippen molar-refractivity contribution in [3.05, 3.63) is 12.7 Å². The Kier molecular flexibility index (Phi) is 7.27. The van der Waals surface area contributed by atoms with Gasteiger partial charge in [0, 0.05) is 32.7 Å². The summed E-state index contributed by atoms with van der Waals surface area (Å²) in [6.45, 7) is 8.14. The minimum Gasteiger partial charge on any atom is -0.383 e. The Bertz CT molecular complexity index is 174. The minimum absolute atomic E-state index is 0.309. The second kappa shape index (κ2) is 7.78. The van der Waals surface area contributed by atoms with Crippen LogP contribution < -0.4 is 0 Å². The van der Waals surface area contributed by atoms with Gasteiger partial charge in [-0.2, -0.15) is 5.26 Å². The molecular formula is C10H18N2O. The Morgan fingerprint density at radius 2 is 2.31 bits per heavy atom. The van der Waals surface area contributed by atoms with E-state index in [1.54, 1.807) is 7.11 Å². The number of ether oxygens (including phenoxy) is 1. The molecule has 0 bridgehead atoms. The van der Waals surface area contributed by atoms with Crippen LogP contribution in [-0.4, -0.2) is 37.7 Å². The zero-order valence-electron chi connectivity index (χ0n) is 8.49. The quantitative estimate of drug-likeness (QED) is 0.559. The molecule has 0 aromatic carbocycles. The number of nitriles is 1. The van der Waals surface area contributed by atoms with Crippen LogP contribution in [0.3, 0.4) is 0 Å². The first kappa shape index (κ1) is 12.2. The maximum Gasteiger partial charge on any atom is 0.0635 e. The lowest BCUT2D eigenvalue weighted by Crippen LogP contribution is -2.35. The van der Waals surface area contributed by atoms with Crippen molar-refractivity contribution in [3.8, 4) is 6.07 Å². The van der Waals surface area contributed by atoms with Crippen LogP contribution in [-0.2, 0) is 4.74 Å². The molecule has 0 spiro atoms. The van der Waals surface area contributed by atoms with Gasteiger partial charge in [-0.05, 0) is 6.92 Å². The SMILES string of the molecule is C=CC(C)N(CCC#N)CCOC. The lowest BCUT2D eigenvalue weighted by Gasteiger charge is -2.25. The Morgan fingerprint density at radius 1 is 1.62 bits per heavy atom. The van der Waals surface area contributed by atoms with Crippen molar-refractivity contribution in [1.82, 2.24) is 4.90 Å². The zero-order chi connectivity index (χ0) is 10.1. The Morgan fingerprint density at radius 3 is 2.77 bits per heavy atom. The van der Waals surface area contributed by atoms with Gasteiger partial charge in [0.2, 0.25) is 0 Å². The van der Waals surface area contributed by atoms with Crippen LogP contribution >= 0.6 is 0 Å². The molecule has 0 aliphatic rings. The molecule has 0 heterocycles. The standard InChI is InChI=1S/C10H18N2O/c1-4-10(2)12(7-5-6-11)8-9-13-3/h4,10H,1,5,7-9H2,2-3H3. The summed E-state index contributed by atoms with van der Waals surface area (Å²) in [4.78, 5) is 2.18. The highest BCUT2D eigenvalue weighted by Gasteiger charge is 2.08. The van der Waals surface area contributed by atoms with Gasteiger partial charge in [0.05, 0.1) is 12.7 Å². The molecular weight excluding hydrogens is 164 g/mol. The molecule has 1 atom stereocenters. The van der Waals surface area contributed by atoms with Gasteiger partial charge in [0.15, 0.2) is 0 Å². The normalized spacial score (nSPS) is 12.5. The van der Waals surface area contributed by atoms with Crippen molar-refractivity contribution in [1.29, 1.82) is 5.26 Å². The van der Waals surface area contributed by atoms with Crippen LogP contribution in [0.4, 0.5) is 0 Å². The molecule has 0 radical (unpaired) electrons. The summed E-state index contributed by atoms with van der Waals surface area (Å²) >= 11 is 0. The Balaban J connectivity index is 3.87. The van der Waals surface area contributed by atoms with Gasteiger partial charge >= 0.3 is 0 Å². The first-order chi connectivity index (χ1) is 6.26. The molecule has 0 fully saturated rings. The second-order valence-corrected chi connectivity index (χ2v) is 2.91. The Labute approximate surface area is 80.6 Å². The summed E-state index contributed by atoms with van der Waals surface area (Å²) in [5.74, 6) is 0. The first-order valence-electron chi connectivity index (χ1n) is 4.48. The maximum atomic E-state index is 8.46. The molecule has 0 saturated carbocycles. The van der Waals surface area contributed by atoms with Crippen LogP contribution in [0.5, 0.6) is 0 Å². The van der Waals surface area contributed by atoms with E-state index in [-0.39, 0.29) is 0 Å². The van der Waals surface area contributed by atoms with E-state index in [0.29, 0.717) is 19.1 Å². The third kappa shape index (κ3) is 5.40. The van der Waals surface area contributed by atoms with Crippen molar-refractivity contribution in [2.45, 2.75) is 19.4 Å². The van der Waals surface area contributed by atoms with Crippen LogP contribution in [0.1, 0.15) is 13.3 Å².